The fourth-order valence-corrected chi connectivity index (χ4v) is 6.20. The van der Waals surface area contributed by atoms with Gasteiger partial charge in [0.15, 0.2) is 33.6 Å². The number of methoxy groups -OCH3 is 4. The molecule has 2 aromatic carbocycles. The van der Waals surface area contributed by atoms with Crippen molar-refractivity contribution in [3.63, 3.8) is 0 Å². The number of thiazole rings is 1. The molecular weight excluding hydrogens is 504 g/mol. The van der Waals surface area contributed by atoms with Crippen molar-refractivity contribution in [1.29, 1.82) is 0 Å². The summed E-state index contributed by atoms with van der Waals surface area (Å²) in [5.41, 5.74) is 2.43. The Balaban J connectivity index is 1.74. The lowest BCUT2D eigenvalue weighted by Crippen LogP contribution is -2.42. The van der Waals surface area contributed by atoms with Crippen molar-refractivity contribution < 1.29 is 23.7 Å². The molecule has 0 amide bonds. The van der Waals surface area contributed by atoms with Gasteiger partial charge < -0.3 is 18.9 Å². The Labute approximate surface area is 224 Å². The Kier molecular flexibility index (Phi) is 6.65. The predicted molar refractivity (Wildman–Crippen MR) is 145 cm³/mol. The van der Waals surface area contributed by atoms with Crippen molar-refractivity contribution in [2.24, 2.45) is 10.4 Å². The lowest BCUT2D eigenvalue weighted by molar-refractivity contribution is -0.118. The summed E-state index contributed by atoms with van der Waals surface area (Å²) >= 11 is 1.31. The van der Waals surface area contributed by atoms with Crippen LogP contribution in [0.3, 0.4) is 0 Å². The zero-order valence-electron chi connectivity index (χ0n) is 22.3. The number of ketones is 1. The topological polar surface area (TPSA) is 88.3 Å². The molecule has 1 aliphatic carbocycles. The predicted octanol–water partition coefficient (Wildman–Crippen LogP) is 3.64. The van der Waals surface area contributed by atoms with Crippen molar-refractivity contribution in [2.45, 2.75) is 32.7 Å². The van der Waals surface area contributed by atoms with Gasteiger partial charge in [-0.3, -0.25) is 14.2 Å². The summed E-state index contributed by atoms with van der Waals surface area (Å²) in [5, 5.41) is 0. The Morgan fingerprint density at radius 1 is 0.895 bits per heavy atom. The van der Waals surface area contributed by atoms with E-state index in [0.29, 0.717) is 50.7 Å². The molecule has 38 heavy (non-hydrogen) atoms. The standard InChI is InChI=1S/C29H30N2O6S/c1-29(2)14-18-25(19(32)15-29)26(17-8-10-21(35-4)23(13-17)37-6)31-27(33)24(38-28(31)30-18)12-16-7-9-20(34-3)22(11-16)36-5/h7-13,26H,14-15H2,1-6H3. The molecule has 8 nitrogen and oxygen atoms in total. The van der Waals surface area contributed by atoms with Crippen molar-refractivity contribution in [3.05, 3.63) is 78.5 Å². The maximum absolute atomic E-state index is 13.9. The van der Waals surface area contributed by atoms with E-state index in [2.05, 4.69) is 13.8 Å². The van der Waals surface area contributed by atoms with E-state index < -0.39 is 6.04 Å². The molecule has 0 fully saturated rings. The zero-order chi connectivity index (χ0) is 27.2. The van der Waals surface area contributed by atoms with Crippen LogP contribution < -0.4 is 33.8 Å². The largest absolute Gasteiger partial charge is 0.493 e. The number of hydrogen-bond acceptors (Lipinski definition) is 8. The van der Waals surface area contributed by atoms with Gasteiger partial charge in [0.1, 0.15) is 0 Å². The molecule has 1 aromatic heterocycles. The quantitative estimate of drug-likeness (QED) is 0.480. The molecule has 2 heterocycles. The number of fused-ring (bicyclic) bond motifs is 1. The number of carbonyl (C=O) groups excluding carboxylic acids is 1. The summed E-state index contributed by atoms with van der Waals surface area (Å²) in [4.78, 5) is 32.9. The smallest absolute Gasteiger partial charge is 0.271 e. The first-order valence-electron chi connectivity index (χ1n) is 12.2. The highest BCUT2D eigenvalue weighted by Gasteiger charge is 2.40. The molecule has 9 heteroatoms. The number of carbonyl (C=O) groups is 1. The van der Waals surface area contributed by atoms with Crippen molar-refractivity contribution in [3.8, 4) is 23.0 Å². The maximum Gasteiger partial charge on any atom is 0.271 e. The Hall–Kier alpha value is -3.85. The van der Waals surface area contributed by atoms with Gasteiger partial charge in [0.05, 0.1) is 44.7 Å². The number of rotatable bonds is 6. The second kappa shape index (κ2) is 9.79. The number of nitrogens with zero attached hydrogens (tertiary/aromatic N) is 2. The Morgan fingerprint density at radius 2 is 1.53 bits per heavy atom. The van der Waals surface area contributed by atoms with E-state index in [-0.39, 0.29) is 16.8 Å². The van der Waals surface area contributed by atoms with Gasteiger partial charge in [-0.2, -0.15) is 0 Å². The second-order valence-corrected chi connectivity index (χ2v) is 11.1. The molecule has 0 saturated heterocycles. The summed E-state index contributed by atoms with van der Waals surface area (Å²) in [5.74, 6) is 2.28. The molecule has 1 unspecified atom stereocenters. The summed E-state index contributed by atoms with van der Waals surface area (Å²) in [6.45, 7) is 4.14. The molecule has 1 aliphatic heterocycles. The first-order valence-corrected chi connectivity index (χ1v) is 13.0. The minimum absolute atomic E-state index is 0.00829. The molecule has 0 radical (unpaired) electrons. The molecule has 3 aromatic rings. The van der Waals surface area contributed by atoms with E-state index in [0.717, 1.165) is 16.8 Å². The number of Topliss-reactive ketones (excluding diaryl/α,β-unsaturated/α-hetero) is 1. The number of hydrogen-bond donors (Lipinski definition) is 0. The minimum Gasteiger partial charge on any atom is -0.493 e. The zero-order valence-corrected chi connectivity index (χ0v) is 23.1. The Bertz CT molecular complexity index is 1650. The highest BCUT2D eigenvalue weighted by atomic mass is 32.1. The third kappa shape index (κ3) is 4.41. The van der Waals surface area contributed by atoms with Crippen molar-refractivity contribution in [1.82, 2.24) is 4.57 Å². The van der Waals surface area contributed by atoms with Gasteiger partial charge in [-0.15, -0.1) is 0 Å². The van der Waals surface area contributed by atoms with E-state index in [1.165, 1.54) is 11.3 Å². The van der Waals surface area contributed by atoms with Crippen LogP contribution in [0.25, 0.3) is 6.08 Å². The van der Waals surface area contributed by atoms with E-state index in [9.17, 15) is 9.59 Å². The van der Waals surface area contributed by atoms with Gasteiger partial charge in [-0.05, 0) is 53.3 Å². The highest BCUT2D eigenvalue weighted by molar-refractivity contribution is 7.07. The van der Waals surface area contributed by atoms with Crippen molar-refractivity contribution in [2.75, 3.05) is 28.4 Å². The molecule has 0 saturated carbocycles. The summed E-state index contributed by atoms with van der Waals surface area (Å²) in [6.07, 6.45) is 2.86. The van der Waals surface area contributed by atoms with Crippen LogP contribution in [0.5, 0.6) is 23.0 Å². The third-order valence-electron chi connectivity index (χ3n) is 6.92. The average molecular weight is 535 g/mol. The van der Waals surface area contributed by atoms with Crippen LogP contribution in [-0.2, 0) is 4.79 Å². The first-order chi connectivity index (χ1) is 18.2. The lowest BCUT2D eigenvalue weighted by Gasteiger charge is -2.35. The number of aromatic nitrogens is 1. The molecular formula is C29H30N2O6S. The van der Waals surface area contributed by atoms with Crippen LogP contribution >= 0.6 is 11.3 Å². The van der Waals surface area contributed by atoms with Crippen LogP contribution in [0.2, 0.25) is 0 Å². The van der Waals surface area contributed by atoms with Crippen LogP contribution in [-0.4, -0.2) is 38.8 Å². The second-order valence-electron chi connectivity index (χ2n) is 10.1. The molecule has 5 rings (SSSR count). The first kappa shape index (κ1) is 25.8. The lowest BCUT2D eigenvalue weighted by atomic mass is 9.73. The molecule has 0 spiro atoms. The summed E-state index contributed by atoms with van der Waals surface area (Å²) < 4.78 is 23.9. The van der Waals surface area contributed by atoms with Gasteiger partial charge >= 0.3 is 0 Å². The van der Waals surface area contributed by atoms with Crippen molar-refractivity contribution >= 4 is 23.2 Å². The van der Waals surface area contributed by atoms with Crippen LogP contribution in [0.4, 0.5) is 0 Å². The van der Waals surface area contributed by atoms with E-state index in [1.807, 2.05) is 30.3 Å². The molecule has 0 bridgehead atoms. The minimum atomic E-state index is -0.614. The number of benzene rings is 2. The molecule has 2 aliphatic rings. The van der Waals surface area contributed by atoms with Gasteiger partial charge in [-0.1, -0.05) is 37.3 Å². The average Bonchev–Trinajstić information content (AvgIpc) is 3.20. The van der Waals surface area contributed by atoms with Gasteiger partial charge in [0.2, 0.25) is 0 Å². The van der Waals surface area contributed by atoms with E-state index in [4.69, 9.17) is 23.9 Å². The SMILES string of the molecule is COc1ccc(C=c2sc3n(c2=O)C(c2ccc(OC)c(OC)c2)C2=C(CC(C)(C)CC2=O)N=3)cc1OC. The summed E-state index contributed by atoms with van der Waals surface area (Å²) in [6, 6.07) is 10.4. The normalized spacial score (nSPS) is 18.4. The highest BCUT2D eigenvalue weighted by Crippen LogP contribution is 2.44. The monoisotopic (exact) mass is 534 g/mol. The fraction of sp³-hybridized carbons (Fsp3) is 0.345. The molecule has 0 N–H and O–H groups in total. The van der Waals surface area contributed by atoms with Gasteiger partial charge in [0, 0.05) is 12.0 Å². The Morgan fingerprint density at radius 3 is 2.18 bits per heavy atom. The number of ether oxygens (including phenoxy) is 4. The van der Waals surface area contributed by atoms with Gasteiger partial charge in [-0.25, -0.2) is 4.99 Å². The molecule has 198 valence electrons. The van der Waals surface area contributed by atoms with Crippen LogP contribution in [0.1, 0.15) is 43.9 Å². The summed E-state index contributed by atoms with van der Waals surface area (Å²) in [7, 11) is 6.28. The van der Waals surface area contributed by atoms with E-state index in [1.54, 1.807) is 45.1 Å². The van der Waals surface area contributed by atoms with E-state index >= 15 is 0 Å². The van der Waals surface area contributed by atoms with Crippen LogP contribution in [0, 0.1) is 5.41 Å². The third-order valence-corrected chi connectivity index (χ3v) is 7.91. The van der Waals surface area contributed by atoms with Gasteiger partial charge in [0.25, 0.3) is 5.56 Å². The number of allylic oxidation sites excluding steroid dienone is 2. The van der Waals surface area contributed by atoms with Crippen LogP contribution in [0.15, 0.2) is 57.5 Å². The molecule has 1 atom stereocenters. The maximum atomic E-state index is 13.9. The fourth-order valence-electron chi connectivity index (χ4n) is 5.18.